The monoisotopic (exact) mass is 302 g/mol. The molecule has 110 valence electrons. The number of benzene rings is 1. The van der Waals surface area contributed by atoms with Crippen molar-refractivity contribution in [2.45, 2.75) is 4.90 Å². The third-order valence-corrected chi connectivity index (χ3v) is 2.53. The summed E-state index contributed by atoms with van der Waals surface area (Å²) in [7, 11) is -4.64. The van der Waals surface area contributed by atoms with Crippen LogP contribution in [0.4, 0.5) is 0 Å². The highest BCUT2D eigenvalue weighted by Gasteiger charge is 2.17. The van der Waals surface area contributed by atoms with Crippen LogP contribution in [0.5, 0.6) is 0 Å². The largest absolute Gasteiger partial charge is 0.478 e. The zero-order chi connectivity index (χ0) is 16.5. The molecule has 0 heterocycles. The molecule has 0 bridgehead atoms. The minimum absolute atomic E-state index is 0.535. The van der Waals surface area contributed by atoms with Gasteiger partial charge in [-0.1, -0.05) is 0 Å². The van der Waals surface area contributed by atoms with Gasteiger partial charge in [-0.15, -0.1) is 26.3 Å². The molecular weight excluding hydrogens is 288 g/mol. The predicted octanol–water partition coefficient (Wildman–Crippen LogP) is 1.93. The lowest BCUT2D eigenvalue weighted by molar-refractivity contribution is 0.0696. The molecule has 0 radical (unpaired) electrons. The molecule has 0 spiro atoms. The van der Waals surface area contributed by atoms with Gasteiger partial charge < -0.3 is 10.2 Å². The van der Waals surface area contributed by atoms with Crippen LogP contribution in [0, 0.1) is 0 Å². The summed E-state index contributed by atoms with van der Waals surface area (Å²) in [4.78, 5) is 20.4. The summed E-state index contributed by atoms with van der Waals surface area (Å²) in [6, 6.07) is 2.13. The first-order chi connectivity index (χ1) is 9.21. The van der Waals surface area contributed by atoms with Crippen LogP contribution in [0.15, 0.2) is 49.4 Å². The maximum absolute atomic E-state index is 10.8. The summed E-state index contributed by atoms with van der Waals surface area (Å²) in [6.45, 7) is 12.0. The number of carboxylic acids is 2. The van der Waals surface area contributed by atoms with E-state index in [0.29, 0.717) is 12.1 Å². The third-order valence-electron chi connectivity index (χ3n) is 1.70. The van der Waals surface area contributed by atoms with E-state index in [1.165, 1.54) is 0 Å². The van der Waals surface area contributed by atoms with E-state index in [2.05, 4.69) is 26.3 Å². The van der Waals surface area contributed by atoms with Gasteiger partial charge in [-0.3, -0.25) is 4.55 Å². The van der Waals surface area contributed by atoms with Crippen molar-refractivity contribution < 1.29 is 32.8 Å². The SMILES string of the molecule is C=C.C=C.O=C(O)c1cc(C(=O)O)cc(S(=O)(=O)O)c1. The Balaban J connectivity index is 0. The van der Waals surface area contributed by atoms with Gasteiger partial charge in [-0.2, -0.15) is 8.42 Å². The van der Waals surface area contributed by atoms with Crippen LogP contribution >= 0.6 is 0 Å². The summed E-state index contributed by atoms with van der Waals surface area (Å²) in [5.74, 6) is -2.99. The van der Waals surface area contributed by atoms with Crippen LogP contribution < -0.4 is 0 Å². The number of rotatable bonds is 3. The van der Waals surface area contributed by atoms with E-state index in [4.69, 9.17) is 14.8 Å². The third kappa shape index (κ3) is 5.94. The summed E-state index contributed by atoms with van der Waals surface area (Å²) < 4.78 is 30.2. The lowest BCUT2D eigenvalue weighted by Gasteiger charge is -2.02. The fourth-order valence-electron chi connectivity index (χ4n) is 0.995. The molecule has 0 fully saturated rings. The van der Waals surface area contributed by atoms with E-state index >= 15 is 0 Å². The number of aromatic carboxylic acids is 2. The molecule has 1 rings (SSSR count). The molecule has 0 amide bonds. The summed E-state index contributed by atoms with van der Waals surface area (Å²) in [5, 5.41) is 17.2. The second-order valence-electron chi connectivity index (χ2n) is 2.83. The Bertz CT molecular complexity index is 556. The zero-order valence-corrected chi connectivity index (χ0v) is 11.3. The molecule has 8 heteroatoms. The molecule has 0 aromatic heterocycles. The molecular formula is C12H14O7S. The maximum Gasteiger partial charge on any atom is 0.335 e. The molecule has 20 heavy (non-hydrogen) atoms. The molecule has 0 saturated carbocycles. The van der Waals surface area contributed by atoms with Crippen LogP contribution in [-0.2, 0) is 10.1 Å². The second-order valence-corrected chi connectivity index (χ2v) is 4.25. The van der Waals surface area contributed by atoms with E-state index in [9.17, 15) is 18.0 Å². The molecule has 1 aromatic carbocycles. The van der Waals surface area contributed by atoms with Crippen molar-refractivity contribution in [2.75, 3.05) is 0 Å². The Morgan fingerprint density at radius 3 is 1.35 bits per heavy atom. The summed E-state index contributed by atoms with van der Waals surface area (Å²) in [6.07, 6.45) is 0. The van der Waals surface area contributed by atoms with E-state index in [-0.39, 0.29) is 0 Å². The molecule has 0 aliphatic rings. The number of carboxylic acid groups (broad SMARTS) is 2. The molecule has 7 nitrogen and oxygen atoms in total. The first-order valence-electron chi connectivity index (χ1n) is 4.81. The Kier molecular flexibility index (Phi) is 8.57. The van der Waals surface area contributed by atoms with Gasteiger partial charge in [0, 0.05) is 0 Å². The quantitative estimate of drug-likeness (QED) is 0.574. The van der Waals surface area contributed by atoms with E-state index in [1.54, 1.807) is 0 Å². The first kappa shape index (κ1) is 19.9. The van der Waals surface area contributed by atoms with Crippen molar-refractivity contribution in [3.63, 3.8) is 0 Å². The van der Waals surface area contributed by atoms with Crippen LogP contribution in [0.2, 0.25) is 0 Å². The lowest BCUT2D eigenvalue weighted by Crippen LogP contribution is -2.07. The Morgan fingerprint density at radius 2 is 1.15 bits per heavy atom. The Morgan fingerprint density at radius 1 is 0.850 bits per heavy atom. The molecule has 0 aliphatic carbocycles. The number of carbonyl (C=O) groups is 2. The minimum atomic E-state index is -4.64. The summed E-state index contributed by atoms with van der Waals surface area (Å²) in [5.41, 5.74) is -1.07. The van der Waals surface area contributed by atoms with Gasteiger partial charge in [0.2, 0.25) is 0 Å². The average molecular weight is 302 g/mol. The Hall–Kier alpha value is -2.45. The van der Waals surface area contributed by atoms with E-state index in [0.717, 1.165) is 6.07 Å². The molecule has 0 aliphatic heterocycles. The zero-order valence-electron chi connectivity index (χ0n) is 10.4. The van der Waals surface area contributed by atoms with Gasteiger partial charge in [0.05, 0.1) is 16.0 Å². The molecule has 1 aromatic rings. The molecule has 0 unspecified atom stereocenters. The second kappa shape index (κ2) is 8.62. The van der Waals surface area contributed by atoms with Crippen LogP contribution in [0.1, 0.15) is 20.7 Å². The average Bonchev–Trinajstić information content (AvgIpc) is 2.41. The van der Waals surface area contributed by atoms with Gasteiger partial charge in [0.15, 0.2) is 0 Å². The maximum atomic E-state index is 10.8. The van der Waals surface area contributed by atoms with Crippen molar-refractivity contribution in [2.24, 2.45) is 0 Å². The van der Waals surface area contributed by atoms with Crippen molar-refractivity contribution in [3.8, 4) is 0 Å². The van der Waals surface area contributed by atoms with E-state index in [1.807, 2.05) is 0 Å². The van der Waals surface area contributed by atoms with Gasteiger partial charge in [0.25, 0.3) is 10.1 Å². The van der Waals surface area contributed by atoms with Gasteiger partial charge >= 0.3 is 11.9 Å². The lowest BCUT2D eigenvalue weighted by atomic mass is 10.1. The standard InChI is InChI=1S/C8H6O7S.2C2H4/c9-7(10)4-1-5(8(11)12)3-6(2-4)16(13,14)15;2*1-2/h1-3H,(H,9,10)(H,11,12)(H,13,14,15);2*1-2H2. The molecule has 3 N–H and O–H groups in total. The minimum Gasteiger partial charge on any atom is -0.478 e. The van der Waals surface area contributed by atoms with Crippen LogP contribution in [0.3, 0.4) is 0 Å². The van der Waals surface area contributed by atoms with Gasteiger partial charge in [-0.05, 0) is 18.2 Å². The van der Waals surface area contributed by atoms with Crippen molar-refractivity contribution >= 4 is 22.1 Å². The highest BCUT2D eigenvalue weighted by molar-refractivity contribution is 7.85. The van der Waals surface area contributed by atoms with Gasteiger partial charge in [-0.25, -0.2) is 9.59 Å². The van der Waals surface area contributed by atoms with E-state index < -0.39 is 38.1 Å². The molecule has 0 saturated heterocycles. The summed E-state index contributed by atoms with van der Waals surface area (Å²) >= 11 is 0. The number of hydrogen-bond acceptors (Lipinski definition) is 4. The van der Waals surface area contributed by atoms with Crippen molar-refractivity contribution in [3.05, 3.63) is 55.6 Å². The van der Waals surface area contributed by atoms with Crippen molar-refractivity contribution in [1.29, 1.82) is 0 Å². The fourth-order valence-corrected chi connectivity index (χ4v) is 1.55. The van der Waals surface area contributed by atoms with Crippen molar-refractivity contribution in [1.82, 2.24) is 0 Å². The van der Waals surface area contributed by atoms with Crippen LogP contribution in [0.25, 0.3) is 0 Å². The highest BCUT2D eigenvalue weighted by Crippen LogP contribution is 2.15. The van der Waals surface area contributed by atoms with Gasteiger partial charge in [0.1, 0.15) is 0 Å². The first-order valence-corrected chi connectivity index (χ1v) is 6.25. The molecule has 0 atom stereocenters. The topological polar surface area (TPSA) is 129 Å². The normalized spacial score (nSPS) is 9.25. The smallest absolute Gasteiger partial charge is 0.335 e. The number of hydrogen-bond donors (Lipinski definition) is 3. The van der Waals surface area contributed by atoms with Crippen LogP contribution in [-0.4, -0.2) is 35.1 Å². The predicted molar refractivity (Wildman–Crippen MR) is 72.7 cm³/mol. The Labute approximate surface area is 116 Å². The fraction of sp³-hybridized carbons (Fsp3) is 0. The highest BCUT2D eigenvalue weighted by atomic mass is 32.2.